The highest BCUT2D eigenvalue weighted by molar-refractivity contribution is 5.94. The van der Waals surface area contributed by atoms with E-state index in [0.29, 0.717) is 76.6 Å². The summed E-state index contributed by atoms with van der Waals surface area (Å²) in [6, 6.07) is 55.6. The van der Waals surface area contributed by atoms with Crippen molar-refractivity contribution >= 4 is 41.7 Å². The van der Waals surface area contributed by atoms with Crippen LogP contribution in [0.4, 0.5) is 14.4 Å². The molecule has 3 aliphatic carbocycles. The average Bonchev–Trinajstić information content (AvgIpc) is 1.65. The molecule has 2 atom stereocenters. The highest BCUT2D eigenvalue weighted by Gasteiger charge is 2.32. The Labute approximate surface area is 535 Å². The van der Waals surface area contributed by atoms with Crippen LogP contribution < -0.4 is 21.3 Å². The van der Waals surface area contributed by atoms with E-state index in [4.69, 9.17) is 18.9 Å². The summed E-state index contributed by atoms with van der Waals surface area (Å²) in [7, 11) is 0. The van der Waals surface area contributed by atoms with Gasteiger partial charge in [0.25, 0.3) is 5.91 Å². The molecule has 15 heteroatoms. The lowest BCUT2D eigenvalue weighted by atomic mass is 9.98. The first kappa shape index (κ1) is 68.9. The van der Waals surface area contributed by atoms with Crippen molar-refractivity contribution in [3.63, 3.8) is 0 Å². The Morgan fingerprint density at radius 2 is 0.780 bits per heavy atom. The number of nitrogens with one attached hydrogen (secondary N) is 4. The summed E-state index contributed by atoms with van der Waals surface area (Å²) in [5, 5.41) is 11.1. The largest absolute Gasteiger partial charge is 0.465 e. The van der Waals surface area contributed by atoms with E-state index in [2.05, 4.69) is 108 Å². The van der Waals surface area contributed by atoms with Crippen LogP contribution in [-0.4, -0.2) is 93.3 Å². The van der Waals surface area contributed by atoms with Crippen LogP contribution in [0, 0.1) is 0 Å². The highest BCUT2D eigenvalue weighted by Crippen LogP contribution is 2.47. The lowest BCUT2D eigenvalue weighted by Gasteiger charge is -2.19. The highest BCUT2D eigenvalue weighted by atomic mass is 16.6. The quantitative estimate of drug-likeness (QED) is 0.0174. The summed E-state index contributed by atoms with van der Waals surface area (Å²) >= 11 is 0. The topological polar surface area (TPSA) is 205 Å². The minimum Gasteiger partial charge on any atom is -0.465 e. The van der Waals surface area contributed by atoms with Gasteiger partial charge in [-0.15, -0.1) is 0 Å². The maximum absolute atomic E-state index is 12.7. The number of rotatable bonds is 26. The van der Waals surface area contributed by atoms with E-state index in [1.165, 1.54) is 51.9 Å². The molecule has 4 N–H and O–H groups in total. The van der Waals surface area contributed by atoms with E-state index in [9.17, 15) is 33.6 Å². The Bertz CT molecular complexity index is 3480. The first-order valence-electron chi connectivity index (χ1n) is 31.3. The van der Waals surface area contributed by atoms with Gasteiger partial charge in [0.2, 0.25) is 0 Å². The number of fused-ring (bicyclic) bond motifs is 9. The molecule has 0 aromatic heterocycles. The second kappa shape index (κ2) is 34.9. The summed E-state index contributed by atoms with van der Waals surface area (Å²) < 4.78 is 21.3. The number of amides is 4. The van der Waals surface area contributed by atoms with Gasteiger partial charge in [-0.2, -0.15) is 0 Å². The lowest BCUT2D eigenvalue weighted by Crippen LogP contribution is -2.41. The van der Waals surface area contributed by atoms with Gasteiger partial charge in [-0.1, -0.05) is 199 Å². The molecule has 476 valence electrons. The monoisotopic (exact) mass is 1230 g/mol. The number of carbonyl (C=O) groups excluding carboxylic acids is 7. The Hall–Kier alpha value is -9.63. The van der Waals surface area contributed by atoms with Gasteiger partial charge in [0.15, 0.2) is 11.6 Å². The molecular formula is C76H86N4O11. The fourth-order valence-corrected chi connectivity index (χ4v) is 11.8. The van der Waals surface area contributed by atoms with Gasteiger partial charge in [-0.05, 0) is 129 Å². The Morgan fingerprint density at radius 3 is 1.11 bits per heavy atom. The smallest absolute Gasteiger partial charge is 0.407 e. The van der Waals surface area contributed by atoms with E-state index in [0.717, 1.165) is 39.8 Å². The minimum atomic E-state index is -0.617. The molecule has 7 aromatic rings. The van der Waals surface area contributed by atoms with E-state index >= 15 is 0 Å². The first-order valence-corrected chi connectivity index (χ1v) is 31.3. The van der Waals surface area contributed by atoms with E-state index < -0.39 is 30.4 Å². The van der Waals surface area contributed by atoms with Crippen molar-refractivity contribution in [1.82, 2.24) is 21.3 Å². The fraction of sp³-hybridized carbons (Fsp3) is 0.329. The van der Waals surface area contributed by atoms with Crippen LogP contribution in [-0.2, 0) is 39.8 Å². The van der Waals surface area contributed by atoms with Gasteiger partial charge in [-0.25, -0.2) is 14.4 Å². The van der Waals surface area contributed by atoms with Crippen molar-refractivity contribution < 1.29 is 52.5 Å². The van der Waals surface area contributed by atoms with Crippen LogP contribution >= 0.6 is 0 Å². The van der Waals surface area contributed by atoms with Crippen molar-refractivity contribution in [2.24, 2.45) is 0 Å². The van der Waals surface area contributed by atoms with E-state index in [1.54, 1.807) is 13.8 Å². The third kappa shape index (κ3) is 18.5. The molecule has 0 aliphatic heterocycles. The molecule has 0 bridgehead atoms. The first-order chi connectivity index (χ1) is 43.8. The normalized spacial score (nSPS) is 12.7. The number of hydrogen-bond acceptors (Lipinski definition) is 11. The Morgan fingerprint density at radius 1 is 0.440 bits per heavy atom. The predicted octanol–water partition coefficient (Wildman–Crippen LogP) is 15.0. The summed E-state index contributed by atoms with van der Waals surface area (Å²) in [5.74, 6) is -0.310. The van der Waals surface area contributed by atoms with Crippen molar-refractivity contribution in [3.05, 3.63) is 227 Å². The van der Waals surface area contributed by atoms with Crippen molar-refractivity contribution in [1.29, 1.82) is 0 Å². The van der Waals surface area contributed by atoms with Gasteiger partial charge in [0.1, 0.15) is 26.4 Å². The molecule has 7 aromatic carbocycles. The molecule has 15 nitrogen and oxygen atoms in total. The number of benzene rings is 7. The summed E-state index contributed by atoms with van der Waals surface area (Å²) in [4.78, 5) is 84.9. The number of ether oxygens (including phenoxy) is 4. The molecule has 0 fully saturated rings. The summed E-state index contributed by atoms with van der Waals surface area (Å²) in [5.41, 5.74) is 16.1. The SMILES string of the molecule is C.C=CCOC(=O)NCCCCC(NC(=O)OCC1c2ccccc2-c2ccccc21)C(=O)CC.CC(=O)OCC1c2ccccc2-c2ccccc21.CCC(=O)C(CCCCNC(=O)c1ccc(CC)cc1)NC(=O)OCC1c2ccccc2-c2ccccc21. The second-order valence-electron chi connectivity index (χ2n) is 22.3. The van der Waals surface area contributed by atoms with Crippen LogP contribution in [0.15, 0.2) is 183 Å². The third-order valence-electron chi connectivity index (χ3n) is 16.5. The molecule has 0 heterocycles. The minimum absolute atomic E-state index is 0. The summed E-state index contributed by atoms with van der Waals surface area (Å²) in [6.45, 7) is 12.5. The third-order valence-corrected chi connectivity index (χ3v) is 16.5. The van der Waals surface area contributed by atoms with E-state index in [-0.39, 0.29) is 68.4 Å². The maximum Gasteiger partial charge on any atom is 0.407 e. The van der Waals surface area contributed by atoms with Gasteiger partial charge in [0.05, 0.1) is 12.1 Å². The molecule has 4 amide bonds. The molecule has 0 saturated carbocycles. The van der Waals surface area contributed by atoms with E-state index in [1.807, 2.05) is 97.1 Å². The number of aryl methyl sites for hydroxylation is 1. The number of hydrogen-bond donors (Lipinski definition) is 4. The summed E-state index contributed by atoms with van der Waals surface area (Å²) in [6.07, 6.45) is 5.08. The number of carbonyl (C=O) groups is 7. The Balaban J connectivity index is 0.000000204. The zero-order valence-corrected chi connectivity index (χ0v) is 51.9. The van der Waals surface area contributed by atoms with Crippen LogP contribution in [0.2, 0.25) is 0 Å². The molecular weight excluding hydrogens is 1140 g/mol. The van der Waals surface area contributed by atoms with Crippen molar-refractivity contribution in [2.75, 3.05) is 39.5 Å². The maximum atomic E-state index is 12.7. The number of ketones is 2. The number of esters is 1. The zero-order chi connectivity index (χ0) is 63.8. The molecule has 0 saturated heterocycles. The predicted molar refractivity (Wildman–Crippen MR) is 357 cm³/mol. The standard InChI is InChI=1S/C32H36N2O4.C27H32N2O5.C16H14O2.CH4/c1-3-22-16-18-23(19-17-22)31(36)33-20-10-9-15-29(30(35)4-2)34-32(37)38-21-28-26-13-7-5-11-24(26)25-12-6-8-14-27(25)28;1-3-17-33-26(31)28-16-10-9-15-24(25(30)4-2)29-27(32)34-18-23-21-13-7-5-11-19(21)20-12-6-8-14-22(20)23;1-11(17)18-10-16-14-8-4-2-6-12(14)13-7-3-5-9-15(13)16;/h5-8,11-14,16-19,28-29H,3-4,9-10,15,20-21H2,1-2H3,(H,33,36)(H,34,37);3,5-8,11-14,23-24H,1,4,9-10,15-18H2,2H3,(H,28,31)(H,29,32);2-9,16H,10H2,1H3;1H4. The van der Waals surface area contributed by atoms with Crippen LogP contribution in [0.3, 0.4) is 0 Å². The second-order valence-corrected chi connectivity index (χ2v) is 22.3. The van der Waals surface area contributed by atoms with Crippen LogP contribution in [0.25, 0.3) is 33.4 Å². The molecule has 0 radical (unpaired) electrons. The number of alkyl carbamates (subject to hydrolysis) is 3. The molecule has 91 heavy (non-hydrogen) atoms. The molecule has 0 spiro atoms. The average molecular weight is 1230 g/mol. The van der Waals surface area contributed by atoms with Gasteiger partial charge < -0.3 is 40.2 Å². The Kier molecular flexibility index (Phi) is 26.4. The van der Waals surface area contributed by atoms with Crippen molar-refractivity contribution in [3.8, 4) is 33.4 Å². The van der Waals surface area contributed by atoms with Crippen LogP contribution in [0.1, 0.15) is 154 Å². The number of unbranched alkanes of at least 4 members (excludes halogenated alkanes) is 2. The van der Waals surface area contributed by atoms with Gasteiger partial charge in [-0.3, -0.25) is 19.2 Å². The zero-order valence-electron chi connectivity index (χ0n) is 51.9. The van der Waals surface area contributed by atoms with Gasteiger partial charge >= 0.3 is 24.2 Å². The van der Waals surface area contributed by atoms with Crippen LogP contribution in [0.5, 0.6) is 0 Å². The van der Waals surface area contributed by atoms with Crippen molar-refractivity contribution in [2.45, 2.75) is 123 Å². The lowest BCUT2D eigenvalue weighted by molar-refractivity contribution is -0.141. The fourth-order valence-electron chi connectivity index (χ4n) is 11.8. The molecule has 3 aliphatic rings. The molecule has 2 unspecified atom stereocenters. The van der Waals surface area contributed by atoms with Gasteiger partial charge in [0, 0.05) is 56.2 Å². The molecule has 10 rings (SSSR count). The number of Topliss-reactive ketones (excluding diaryl/α,β-unsaturated/α-hetero) is 2.